The van der Waals surface area contributed by atoms with E-state index in [1.54, 1.807) is 12.1 Å². The molecule has 0 aliphatic carbocycles. The molecule has 0 heterocycles. The Morgan fingerprint density at radius 2 is 1.65 bits per heavy atom. The summed E-state index contributed by atoms with van der Waals surface area (Å²) >= 11 is 0. The Labute approximate surface area is 122 Å². The molecule has 0 aliphatic heterocycles. The lowest BCUT2D eigenvalue weighted by Crippen LogP contribution is -2.32. The zero-order valence-electron chi connectivity index (χ0n) is 12.6. The van der Waals surface area contributed by atoms with Gasteiger partial charge >= 0.3 is 0 Å². The third kappa shape index (κ3) is 6.88. The Bertz CT molecular complexity index is 496. The minimum absolute atomic E-state index is 0.274. The van der Waals surface area contributed by atoms with E-state index in [1.165, 1.54) is 0 Å². The highest BCUT2D eigenvalue weighted by atomic mass is 32.2. The Hall–Kier alpha value is -1.11. The molecular weight excluding hydrogens is 274 g/mol. The molecule has 1 aromatic rings. The van der Waals surface area contributed by atoms with E-state index in [-0.39, 0.29) is 5.92 Å². The summed E-state index contributed by atoms with van der Waals surface area (Å²) in [6, 6.07) is 7.79. The van der Waals surface area contributed by atoms with Crippen molar-refractivity contribution in [3.8, 4) is 0 Å². The summed E-state index contributed by atoms with van der Waals surface area (Å²) in [6.07, 6.45) is 0. The number of hydrogen-bond donors (Lipinski definition) is 3. The molecule has 5 nitrogen and oxygen atoms in total. The molecule has 20 heavy (non-hydrogen) atoms. The van der Waals surface area contributed by atoms with Gasteiger partial charge in [-0.25, -0.2) is 0 Å². The molecule has 0 atom stereocenters. The fourth-order valence-corrected chi connectivity index (χ4v) is 2.55. The lowest BCUT2D eigenvalue weighted by atomic mass is 10.2. The van der Waals surface area contributed by atoms with Gasteiger partial charge < -0.3 is 5.32 Å². The van der Waals surface area contributed by atoms with E-state index in [1.807, 2.05) is 26.0 Å². The van der Waals surface area contributed by atoms with Crippen molar-refractivity contribution < 1.29 is 8.42 Å². The zero-order valence-corrected chi connectivity index (χ0v) is 13.4. The van der Waals surface area contributed by atoms with Crippen molar-refractivity contribution in [3.05, 3.63) is 29.8 Å². The van der Waals surface area contributed by atoms with E-state index in [0.717, 1.165) is 12.1 Å². The van der Waals surface area contributed by atoms with Gasteiger partial charge in [-0.2, -0.15) is 13.1 Å². The molecule has 0 saturated heterocycles. The highest BCUT2D eigenvalue weighted by molar-refractivity contribution is 7.90. The summed E-state index contributed by atoms with van der Waals surface area (Å²) in [4.78, 5) is 0. The first-order valence-electron chi connectivity index (χ1n) is 6.88. The summed E-state index contributed by atoms with van der Waals surface area (Å²) in [5, 5.41) is 3.31. The van der Waals surface area contributed by atoms with Crippen LogP contribution in [0.4, 0.5) is 5.69 Å². The van der Waals surface area contributed by atoms with Crippen molar-refractivity contribution in [2.45, 2.75) is 40.3 Å². The van der Waals surface area contributed by atoms with E-state index in [0.29, 0.717) is 18.3 Å². The zero-order chi connectivity index (χ0) is 15.2. The third-order valence-electron chi connectivity index (χ3n) is 2.60. The van der Waals surface area contributed by atoms with Crippen molar-refractivity contribution in [2.24, 2.45) is 5.92 Å². The molecule has 1 rings (SSSR count). The van der Waals surface area contributed by atoms with Gasteiger partial charge in [-0.05, 0) is 23.6 Å². The van der Waals surface area contributed by atoms with E-state index >= 15 is 0 Å². The minimum atomic E-state index is -3.48. The van der Waals surface area contributed by atoms with E-state index in [9.17, 15) is 8.42 Å². The summed E-state index contributed by atoms with van der Waals surface area (Å²) < 4.78 is 28.6. The average Bonchev–Trinajstić information content (AvgIpc) is 2.35. The smallest absolute Gasteiger partial charge is 0.299 e. The molecule has 0 radical (unpaired) electrons. The molecule has 0 aromatic heterocycles. The maximum Gasteiger partial charge on any atom is 0.299 e. The van der Waals surface area contributed by atoms with Gasteiger partial charge in [-0.3, -0.25) is 4.72 Å². The Balaban J connectivity index is 2.56. The van der Waals surface area contributed by atoms with Crippen molar-refractivity contribution in [2.75, 3.05) is 11.3 Å². The van der Waals surface area contributed by atoms with Crippen LogP contribution in [-0.4, -0.2) is 21.0 Å². The fourth-order valence-electron chi connectivity index (χ4n) is 1.48. The number of benzene rings is 1. The minimum Gasteiger partial charge on any atom is -0.310 e. The van der Waals surface area contributed by atoms with Crippen LogP contribution >= 0.6 is 0 Å². The van der Waals surface area contributed by atoms with E-state index in [4.69, 9.17) is 0 Å². The van der Waals surface area contributed by atoms with Crippen molar-refractivity contribution in [3.63, 3.8) is 0 Å². The molecule has 3 N–H and O–H groups in total. The van der Waals surface area contributed by atoms with Gasteiger partial charge in [0.25, 0.3) is 10.2 Å². The quantitative estimate of drug-likeness (QED) is 0.688. The standard InChI is InChI=1S/C14H25N3O2S/c1-11(2)9-16-20(18,19)17-14-7-5-13(6-8-14)10-15-12(3)4/h5-8,11-12,15-17H,9-10H2,1-4H3. The van der Waals surface area contributed by atoms with Crippen LogP contribution in [-0.2, 0) is 16.8 Å². The third-order valence-corrected chi connectivity index (χ3v) is 3.65. The van der Waals surface area contributed by atoms with Gasteiger partial charge in [-0.15, -0.1) is 0 Å². The van der Waals surface area contributed by atoms with Gasteiger partial charge in [0.2, 0.25) is 0 Å². The number of nitrogens with one attached hydrogen (secondary N) is 3. The van der Waals surface area contributed by atoms with Crippen LogP contribution in [0.2, 0.25) is 0 Å². The number of anilines is 1. The second kappa shape index (κ2) is 7.61. The van der Waals surface area contributed by atoms with Crippen LogP contribution in [0.25, 0.3) is 0 Å². The van der Waals surface area contributed by atoms with Gasteiger partial charge in [0, 0.05) is 24.8 Å². The molecule has 0 aliphatic rings. The van der Waals surface area contributed by atoms with Crippen LogP contribution in [0.1, 0.15) is 33.3 Å². The second-order valence-corrected chi connectivity index (χ2v) is 7.08. The molecular formula is C14H25N3O2S. The monoisotopic (exact) mass is 299 g/mol. The molecule has 6 heteroatoms. The fraction of sp³-hybridized carbons (Fsp3) is 0.571. The van der Waals surface area contributed by atoms with Crippen molar-refractivity contribution in [1.82, 2.24) is 10.0 Å². The van der Waals surface area contributed by atoms with Crippen LogP contribution in [0.15, 0.2) is 24.3 Å². The molecule has 0 unspecified atom stereocenters. The first kappa shape index (κ1) is 16.9. The SMILES string of the molecule is CC(C)CNS(=O)(=O)Nc1ccc(CNC(C)C)cc1. The van der Waals surface area contributed by atoms with E-state index in [2.05, 4.69) is 28.6 Å². The predicted molar refractivity (Wildman–Crippen MR) is 83.8 cm³/mol. The van der Waals surface area contributed by atoms with Gasteiger partial charge in [0.05, 0.1) is 0 Å². The lowest BCUT2D eigenvalue weighted by molar-refractivity contribution is 0.565. The number of rotatable bonds is 8. The molecule has 0 spiro atoms. The first-order valence-corrected chi connectivity index (χ1v) is 8.36. The lowest BCUT2D eigenvalue weighted by Gasteiger charge is -2.12. The summed E-state index contributed by atoms with van der Waals surface area (Å²) in [6.45, 7) is 9.28. The van der Waals surface area contributed by atoms with Crippen LogP contribution < -0.4 is 14.8 Å². The summed E-state index contributed by atoms with van der Waals surface area (Å²) in [5.41, 5.74) is 1.69. The highest BCUT2D eigenvalue weighted by Gasteiger charge is 2.09. The Kier molecular flexibility index (Phi) is 6.45. The topological polar surface area (TPSA) is 70.2 Å². The van der Waals surface area contributed by atoms with Crippen molar-refractivity contribution in [1.29, 1.82) is 0 Å². The molecule has 1 aromatic carbocycles. The van der Waals surface area contributed by atoms with Gasteiger partial charge in [-0.1, -0.05) is 39.8 Å². The van der Waals surface area contributed by atoms with Crippen molar-refractivity contribution >= 4 is 15.9 Å². The molecule has 114 valence electrons. The molecule has 0 amide bonds. The number of hydrogen-bond acceptors (Lipinski definition) is 3. The Morgan fingerprint density at radius 1 is 1.05 bits per heavy atom. The first-order chi connectivity index (χ1) is 9.28. The normalized spacial score (nSPS) is 12.1. The summed E-state index contributed by atoms with van der Waals surface area (Å²) in [7, 11) is -3.48. The maximum absolute atomic E-state index is 11.8. The largest absolute Gasteiger partial charge is 0.310 e. The van der Waals surface area contributed by atoms with Crippen LogP contribution in [0.3, 0.4) is 0 Å². The Morgan fingerprint density at radius 3 is 2.15 bits per heavy atom. The second-order valence-electron chi connectivity index (χ2n) is 5.58. The predicted octanol–water partition coefficient (Wildman–Crippen LogP) is 2.09. The highest BCUT2D eigenvalue weighted by Crippen LogP contribution is 2.11. The molecule has 0 bridgehead atoms. The average molecular weight is 299 g/mol. The summed E-state index contributed by atoms with van der Waals surface area (Å²) in [5.74, 6) is 0.274. The maximum atomic E-state index is 11.8. The van der Waals surface area contributed by atoms with Gasteiger partial charge in [0.15, 0.2) is 0 Å². The molecule has 0 saturated carbocycles. The van der Waals surface area contributed by atoms with Crippen LogP contribution in [0.5, 0.6) is 0 Å². The van der Waals surface area contributed by atoms with E-state index < -0.39 is 10.2 Å². The van der Waals surface area contributed by atoms with Crippen LogP contribution in [0, 0.1) is 5.92 Å². The van der Waals surface area contributed by atoms with Gasteiger partial charge in [0.1, 0.15) is 0 Å². The molecule has 0 fully saturated rings.